The van der Waals surface area contributed by atoms with Gasteiger partial charge in [-0.3, -0.25) is 0 Å². The smallest absolute Gasteiger partial charge is 0.164 e. The van der Waals surface area contributed by atoms with Gasteiger partial charge in [0, 0.05) is 6.07 Å². The fraction of sp³-hybridized carbons (Fsp3) is 0.125. The fourth-order valence-corrected chi connectivity index (χ4v) is 0.764. The summed E-state index contributed by atoms with van der Waals surface area (Å²) in [5.41, 5.74) is 0.378. The summed E-state index contributed by atoms with van der Waals surface area (Å²) in [5, 5.41) is 18.2. The van der Waals surface area contributed by atoms with Gasteiger partial charge < -0.3 is 14.9 Å². The van der Waals surface area contributed by atoms with Crippen LogP contribution in [0.25, 0.3) is 0 Å². The van der Waals surface area contributed by atoms with Crippen LogP contribution in [0.4, 0.5) is 0 Å². The molecule has 1 aromatic rings. The van der Waals surface area contributed by atoms with Gasteiger partial charge in [0.25, 0.3) is 0 Å². The van der Waals surface area contributed by atoms with Crippen LogP contribution >= 0.6 is 0 Å². The van der Waals surface area contributed by atoms with E-state index in [-0.39, 0.29) is 17.2 Å². The molecule has 0 bridgehead atoms. The Labute approximate surface area is 64.9 Å². The minimum atomic E-state index is -0.0182. The molecule has 3 nitrogen and oxygen atoms in total. The minimum Gasteiger partial charge on any atom is -0.508 e. The molecule has 11 heavy (non-hydrogen) atoms. The van der Waals surface area contributed by atoms with Crippen molar-refractivity contribution in [2.24, 2.45) is 0 Å². The number of hydrogen-bond acceptors (Lipinski definition) is 3. The molecule has 2 N–H and O–H groups in total. The van der Waals surface area contributed by atoms with Crippen molar-refractivity contribution in [3.63, 3.8) is 0 Å². The number of aromatic hydroxyl groups is 2. The van der Waals surface area contributed by atoms with Crippen molar-refractivity contribution in [2.45, 2.75) is 0 Å². The number of hydrogen-bond donors (Lipinski definition) is 2. The monoisotopic (exact) mass is 153 g/mol. The summed E-state index contributed by atoms with van der Waals surface area (Å²) in [5.74, 6) is 0.241. The quantitative estimate of drug-likeness (QED) is 0.597. The Morgan fingerprint density at radius 1 is 1.27 bits per heavy atom. The van der Waals surface area contributed by atoms with E-state index < -0.39 is 0 Å². The first-order valence-corrected chi connectivity index (χ1v) is 3.07. The van der Waals surface area contributed by atoms with Crippen LogP contribution in [0.1, 0.15) is 5.56 Å². The molecule has 3 heteroatoms. The second-order valence-corrected chi connectivity index (χ2v) is 2.15. The summed E-state index contributed by atoms with van der Waals surface area (Å²) >= 11 is 0. The van der Waals surface area contributed by atoms with E-state index in [9.17, 15) is 0 Å². The van der Waals surface area contributed by atoms with Crippen LogP contribution < -0.4 is 4.74 Å². The van der Waals surface area contributed by atoms with Gasteiger partial charge in [0.2, 0.25) is 0 Å². The zero-order chi connectivity index (χ0) is 8.43. The molecular weight excluding hydrogens is 144 g/mol. The third kappa shape index (κ3) is 1.37. The van der Waals surface area contributed by atoms with Crippen molar-refractivity contribution >= 4 is 0 Å². The van der Waals surface area contributed by atoms with Gasteiger partial charge in [0.15, 0.2) is 11.5 Å². The number of ether oxygens (including phenoxy) is 1. The number of methoxy groups -OCH3 is 1. The lowest BCUT2D eigenvalue weighted by Gasteiger charge is -2.04. The second kappa shape index (κ2) is 2.70. The van der Waals surface area contributed by atoms with E-state index in [1.54, 1.807) is 0 Å². The first-order chi connectivity index (χ1) is 5.15. The summed E-state index contributed by atoms with van der Waals surface area (Å²) in [7, 11) is 1.41. The Kier molecular flexibility index (Phi) is 1.89. The number of rotatable bonds is 1. The van der Waals surface area contributed by atoms with Gasteiger partial charge >= 0.3 is 0 Å². The first kappa shape index (κ1) is 7.72. The molecule has 0 aromatic heterocycles. The van der Waals surface area contributed by atoms with Crippen LogP contribution in [-0.4, -0.2) is 17.3 Å². The highest BCUT2D eigenvalue weighted by molar-refractivity contribution is 5.50. The Balaban J connectivity index is 3.21. The van der Waals surface area contributed by atoms with E-state index >= 15 is 0 Å². The lowest BCUT2D eigenvalue weighted by Crippen LogP contribution is -1.84. The lowest BCUT2D eigenvalue weighted by molar-refractivity contribution is 0.368. The van der Waals surface area contributed by atoms with Crippen LogP contribution in [-0.2, 0) is 0 Å². The van der Waals surface area contributed by atoms with Gasteiger partial charge in [-0.15, -0.1) is 0 Å². The van der Waals surface area contributed by atoms with Gasteiger partial charge in [-0.2, -0.15) is 0 Å². The number of benzene rings is 1. The van der Waals surface area contributed by atoms with Crippen LogP contribution in [0.2, 0.25) is 0 Å². The van der Waals surface area contributed by atoms with Crippen LogP contribution in [0.3, 0.4) is 0 Å². The highest BCUT2D eigenvalue weighted by Gasteiger charge is 2.04. The normalized spacial score (nSPS) is 9.64. The molecule has 0 spiro atoms. The van der Waals surface area contributed by atoms with Crippen molar-refractivity contribution in [1.29, 1.82) is 0 Å². The molecule has 0 aliphatic rings. The molecule has 0 heterocycles. The third-order valence-corrected chi connectivity index (χ3v) is 1.38. The molecule has 59 valence electrons. The average Bonchev–Trinajstić information content (AvgIpc) is 1.97. The average molecular weight is 153 g/mol. The summed E-state index contributed by atoms with van der Waals surface area (Å²) in [6.45, 7) is 3.49. The predicted molar refractivity (Wildman–Crippen MR) is 40.8 cm³/mol. The molecule has 1 radical (unpaired) electrons. The molecule has 0 fully saturated rings. The predicted octanol–water partition coefficient (Wildman–Crippen LogP) is 1.29. The van der Waals surface area contributed by atoms with Gasteiger partial charge in [0.05, 0.1) is 7.11 Å². The second-order valence-electron chi connectivity index (χ2n) is 2.15. The molecule has 0 amide bonds. The highest BCUT2D eigenvalue weighted by Crippen LogP contribution is 2.32. The molecule has 0 saturated carbocycles. The standard InChI is InChI=1S/C8H9O3/c1-5-3-7(10)8(11-2)4-6(5)9/h3-4,9-10H,1H2,2H3. The molecule has 0 unspecified atom stereocenters. The maximum Gasteiger partial charge on any atom is 0.164 e. The Morgan fingerprint density at radius 2 is 1.91 bits per heavy atom. The topological polar surface area (TPSA) is 49.7 Å². The first-order valence-electron chi connectivity index (χ1n) is 3.07. The van der Waals surface area contributed by atoms with E-state index in [2.05, 4.69) is 6.92 Å². The Morgan fingerprint density at radius 3 is 2.45 bits per heavy atom. The molecule has 1 aromatic carbocycles. The van der Waals surface area contributed by atoms with Crippen molar-refractivity contribution < 1.29 is 14.9 Å². The zero-order valence-corrected chi connectivity index (χ0v) is 6.16. The van der Waals surface area contributed by atoms with Gasteiger partial charge in [0.1, 0.15) is 5.75 Å². The van der Waals surface area contributed by atoms with Crippen molar-refractivity contribution in [3.8, 4) is 17.2 Å². The van der Waals surface area contributed by atoms with Crippen molar-refractivity contribution in [3.05, 3.63) is 24.6 Å². The lowest BCUT2D eigenvalue weighted by atomic mass is 10.2. The third-order valence-electron chi connectivity index (χ3n) is 1.38. The van der Waals surface area contributed by atoms with E-state index in [0.717, 1.165) is 0 Å². The Hall–Kier alpha value is -1.38. The minimum absolute atomic E-state index is 0.0136. The molecule has 0 saturated heterocycles. The highest BCUT2D eigenvalue weighted by atomic mass is 16.5. The summed E-state index contributed by atoms with van der Waals surface area (Å²) in [6.07, 6.45) is 0. The van der Waals surface area contributed by atoms with E-state index in [0.29, 0.717) is 5.56 Å². The van der Waals surface area contributed by atoms with Crippen LogP contribution in [0.15, 0.2) is 12.1 Å². The fourth-order valence-electron chi connectivity index (χ4n) is 0.764. The van der Waals surface area contributed by atoms with Crippen LogP contribution in [0, 0.1) is 6.92 Å². The van der Waals surface area contributed by atoms with E-state index in [1.807, 2.05) is 0 Å². The molecular formula is C8H9O3. The SMILES string of the molecule is [CH2]c1cc(O)c(OC)cc1O. The van der Waals surface area contributed by atoms with Crippen molar-refractivity contribution in [1.82, 2.24) is 0 Å². The van der Waals surface area contributed by atoms with Gasteiger partial charge in [-0.05, 0) is 18.6 Å². The van der Waals surface area contributed by atoms with E-state index in [1.165, 1.54) is 19.2 Å². The number of phenolic OH excluding ortho intramolecular Hbond substituents is 2. The molecule has 0 atom stereocenters. The largest absolute Gasteiger partial charge is 0.508 e. The van der Waals surface area contributed by atoms with Gasteiger partial charge in [-0.1, -0.05) is 0 Å². The zero-order valence-electron chi connectivity index (χ0n) is 6.16. The summed E-state index contributed by atoms with van der Waals surface area (Å²) < 4.78 is 4.74. The van der Waals surface area contributed by atoms with Gasteiger partial charge in [-0.25, -0.2) is 0 Å². The van der Waals surface area contributed by atoms with Crippen LogP contribution in [0.5, 0.6) is 17.2 Å². The summed E-state index contributed by atoms with van der Waals surface area (Å²) in [6, 6.07) is 2.66. The van der Waals surface area contributed by atoms with Crippen molar-refractivity contribution in [2.75, 3.05) is 7.11 Å². The molecule has 0 aliphatic heterocycles. The molecule has 1 rings (SSSR count). The number of phenols is 2. The summed E-state index contributed by atoms with van der Waals surface area (Å²) in [4.78, 5) is 0. The van der Waals surface area contributed by atoms with E-state index in [4.69, 9.17) is 14.9 Å². The maximum atomic E-state index is 9.14. The molecule has 0 aliphatic carbocycles. The Bertz CT molecular complexity index is 268. The maximum absolute atomic E-state index is 9.14.